The molecule has 0 radical (unpaired) electrons. The van der Waals surface area contributed by atoms with Gasteiger partial charge in [-0.15, -0.1) is 0 Å². The minimum atomic E-state index is -3.63. The van der Waals surface area contributed by atoms with Crippen LogP contribution in [0.25, 0.3) is 0 Å². The fourth-order valence-corrected chi connectivity index (χ4v) is 5.36. The third-order valence-electron chi connectivity index (χ3n) is 5.23. The third-order valence-corrected chi connectivity index (χ3v) is 6.40. The Morgan fingerprint density at radius 2 is 2.04 bits per heavy atom. The number of amides is 2. The lowest BCUT2D eigenvalue weighted by Gasteiger charge is -2.28. The van der Waals surface area contributed by atoms with Crippen molar-refractivity contribution >= 4 is 21.8 Å². The number of hydrogen-bond donors (Lipinski definition) is 0. The van der Waals surface area contributed by atoms with Crippen molar-refractivity contribution in [3.63, 3.8) is 0 Å². The molecule has 0 saturated carbocycles. The molecule has 0 bridgehead atoms. The average Bonchev–Trinajstić information content (AvgIpc) is 3.02. The number of carbonyl (C=O) groups is 2. The molecule has 8 heteroatoms. The highest BCUT2D eigenvalue weighted by atomic mass is 32.2. The van der Waals surface area contributed by atoms with Crippen LogP contribution in [-0.4, -0.2) is 79.4 Å². The number of sulfonamides is 1. The predicted octanol–water partition coefficient (Wildman–Crippen LogP) is 0.928. The molecule has 2 rings (SSSR count). The molecule has 7 nitrogen and oxygen atoms in total. The zero-order chi connectivity index (χ0) is 19.6. The van der Waals surface area contributed by atoms with E-state index in [4.69, 9.17) is 0 Å². The molecule has 3 atom stereocenters. The Morgan fingerprint density at radius 1 is 1.38 bits per heavy atom. The molecule has 2 saturated heterocycles. The highest BCUT2D eigenvalue weighted by Gasteiger charge is 2.58. The smallest absolute Gasteiger partial charge is 0.246 e. The van der Waals surface area contributed by atoms with Gasteiger partial charge in [-0.05, 0) is 32.4 Å². The molecule has 0 aromatic carbocycles. The van der Waals surface area contributed by atoms with E-state index in [-0.39, 0.29) is 23.8 Å². The molecule has 2 heterocycles. The molecule has 0 spiro atoms. The van der Waals surface area contributed by atoms with Gasteiger partial charge in [-0.1, -0.05) is 26.8 Å². The topological polar surface area (TPSA) is 78.0 Å². The van der Waals surface area contributed by atoms with Crippen LogP contribution >= 0.6 is 0 Å². The van der Waals surface area contributed by atoms with Crippen molar-refractivity contribution in [3.05, 3.63) is 12.2 Å². The van der Waals surface area contributed by atoms with Crippen LogP contribution in [0.3, 0.4) is 0 Å². The molecule has 2 aliphatic heterocycles. The van der Waals surface area contributed by atoms with Crippen molar-refractivity contribution in [1.82, 2.24) is 14.1 Å². The van der Waals surface area contributed by atoms with Gasteiger partial charge in [-0.3, -0.25) is 9.59 Å². The maximum Gasteiger partial charge on any atom is 0.246 e. The monoisotopic (exact) mass is 385 g/mol. The standard InChI is InChI=1S/C18H31N3O4S/c1-6-10-19(4)11-7-8-15(22)20-12-9-14-17(20)16(13(2)3)18(23)21(14)26(5,24)25/h7-8,13-14,16-17H,6,9-12H2,1-5H3/b8-7+/t14-,16+,17-/m0/s1. The van der Waals surface area contributed by atoms with Crippen molar-refractivity contribution in [3.8, 4) is 0 Å². The summed E-state index contributed by atoms with van der Waals surface area (Å²) in [7, 11) is -1.64. The Balaban J connectivity index is 2.19. The summed E-state index contributed by atoms with van der Waals surface area (Å²) in [6.07, 6.45) is 6.01. The summed E-state index contributed by atoms with van der Waals surface area (Å²) in [5.74, 6) is -1.02. The van der Waals surface area contributed by atoms with Gasteiger partial charge in [0.25, 0.3) is 0 Å². The molecule has 2 fully saturated rings. The van der Waals surface area contributed by atoms with E-state index in [9.17, 15) is 18.0 Å². The molecular formula is C18H31N3O4S. The Bertz CT molecular complexity index is 674. The summed E-state index contributed by atoms with van der Waals surface area (Å²) >= 11 is 0. The fraction of sp³-hybridized carbons (Fsp3) is 0.778. The summed E-state index contributed by atoms with van der Waals surface area (Å²) in [5.41, 5.74) is 0. The largest absolute Gasteiger partial charge is 0.333 e. The van der Waals surface area contributed by atoms with Crippen LogP contribution in [0.4, 0.5) is 0 Å². The molecule has 2 aliphatic rings. The first-order valence-electron chi connectivity index (χ1n) is 9.28. The van der Waals surface area contributed by atoms with Gasteiger partial charge in [0.05, 0.1) is 24.3 Å². The number of rotatable bonds is 7. The zero-order valence-electron chi connectivity index (χ0n) is 16.4. The number of hydrogen-bond acceptors (Lipinski definition) is 5. The molecule has 0 aromatic heterocycles. The third kappa shape index (κ3) is 4.11. The Labute approximate surface area is 157 Å². The van der Waals surface area contributed by atoms with Gasteiger partial charge < -0.3 is 9.80 Å². The van der Waals surface area contributed by atoms with Crippen molar-refractivity contribution in [2.45, 2.75) is 45.7 Å². The lowest BCUT2D eigenvalue weighted by molar-refractivity contribution is -0.131. The van der Waals surface area contributed by atoms with E-state index in [0.29, 0.717) is 19.5 Å². The number of fused-ring (bicyclic) bond motifs is 1. The van der Waals surface area contributed by atoms with Crippen LogP contribution in [0.5, 0.6) is 0 Å². The van der Waals surface area contributed by atoms with Crippen LogP contribution < -0.4 is 0 Å². The Morgan fingerprint density at radius 3 is 2.58 bits per heavy atom. The summed E-state index contributed by atoms with van der Waals surface area (Å²) in [6.45, 7) is 8.03. The Kier molecular flexibility index (Phi) is 6.50. The molecule has 0 unspecified atom stereocenters. The SMILES string of the molecule is CCCN(C)C/C=C/C(=O)N1CC[C@H]2[C@H]1[C@@H](C(C)C)C(=O)N2S(C)(=O)=O. The van der Waals surface area contributed by atoms with Crippen LogP contribution in [-0.2, 0) is 19.6 Å². The molecule has 0 aliphatic carbocycles. The number of likely N-dealkylation sites (N-methyl/N-ethyl adjacent to an activating group) is 1. The van der Waals surface area contributed by atoms with Gasteiger partial charge in [0.1, 0.15) is 0 Å². The first-order chi connectivity index (χ1) is 12.1. The number of carbonyl (C=O) groups excluding carboxylic acids is 2. The molecule has 26 heavy (non-hydrogen) atoms. The van der Waals surface area contributed by atoms with Gasteiger partial charge >= 0.3 is 0 Å². The van der Waals surface area contributed by atoms with Gasteiger partial charge in [-0.2, -0.15) is 0 Å². The molecule has 0 N–H and O–H groups in total. The van der Waals surface area contributed by atoms with E-state index in [1.54, 1.807) is 11.0 Å². The summed E-state index contributed by atoms with van der Waals surface area (Å²) < 4.78 is 25.3. The summed E-state index contributed by atoms with van der Waals surface area (Å²) in [5, 5.41) is 0. The fourth-order valence-electron chi connectivity index (χ4n) is 4.19. The second kappa shape index (κ2) is 8.08. The van der Waals surface area contributed by atoms with Gasteiger partial charge in [0.2, 0.25) is 21.8 Å². The summed E-state index contributed by atoms with van der Waals surface area (Å²) in [4.78, 5) is 29.2. The van der Waals surface area contributed by atoms with Crippen LogP contribution in [0.2, 0.25) is 0 Å². The van der Waals surface area contributed by atoms with E-state index in [0.717, 1.165) is 23.5 Å². The molecule has 148 valence electrons. The minimum absolute atomic E-state index is 0.0326. The first-order valence-corrected chi connectivity index (χ1v) is 11.1. The predicted molar refractivity (Wildman–Crippen MR) is 101 cm³/mol. The van der Waals surface area contributed by atoms with Gasteiger partial charge in [0, 0.05) is 19.2 Å². The highest BCUT2D eigenvalue weighted by molar-refractivity contribution is 7.88. The second-order valence-electron chi connectivity index (χ2n) is 7.71. The normalized spacial score (nSPS) is 26.6. The van der Waals surface area contributed by atoms with E-state index in [1.807, 2.05) is 27.0 Å². The maximum absolute atomic E-state index is 12.7. The lowest BCUT2D eigenvalue weighted by atomic mass is 9.88. The van der Waals surface area contributed by atoms with Crippen LogP contribution in [0, 0.1) is 11.8 Å². The van der Waals surface area contributed by atoms with Crippen molar-refractivity contribution < 1.29 is 18.0 Å². The van der Waals surface area contributed by atoms with E-state index < -0.39 is 22.0 Å². The molecule has 2 amide bonds. The Hall–Kier alpha value is -1.41. The van der Waals surface area contributed by atoms with E-state index in [1.165, 1.54) is 0 Å². The maximum atomic E-state index is 12.7. The van der Waals surface area contributed by atoms with E-state index in [2.05, 4.69) is 11.8 Å². The molecular weight excluding hydrogens is 354 g/mol. The van der Waals surface area contributed by atoms with Gasteiger partial charge in [-0.25, -0.2) is 12.7 Å². The van der Waals surface area contributed by atoms with Crippen LogP contribution in [0.15, 0.2) is 12.2 Å². The number of nitrogens with zero attached hydrogens (tertiary/aromatic N) is 3. The van der Waals surface area contributed by atoms with Gasteiger partial charge in [0.15, 0.2) is 0 Å². The van der Waals surface area contributed by atoms with Crippen LogP contribution in [0.1, 0.15) is 33.6 Å². The minimum Gasteiger partial charge on any atom is -0.333 e. The quantitative estimate of drug-likeness (QED) is 0.609. The number of likely N-dealkylation sites (tertiary alicyclic amines) is 1. The van der Waals surface area contributed by atoms with E-state index >= 15 is 0 Å². The average molecular weight is 386 g/mol. The molecule has 0 aromatic rings. The highest BCUT2D eigenvalue weighted by Crippen LogP contribution is 2.41. The van der Waals surface area contributed by atoms with Crippen molar-refractivity contribution in [2.75, 3.05) is 32.9 Å². The van der Waals surface area contributed by atoms with Crippen molar-refractivity contribution in [1.29, 1.82) is 0 Å². The first kappa shape index (κ1) is 20.9. The lowest BCUT2D eigenvalue weighted by Crippen LogP contribution is -2.43. The second-order valence-corrected chi connectivity index (χ2v) is 9.57. The zero-order valence-corrected chi connectivity index (χ0v) is 17.2. The summed E-state index contributed by atoms with van der Waals surface area (Å²) in [6, 6.07) is -0.812. The van der Waals surface area contributed by atoms with Crippen molar-refractivity contribution in [2.24, 2.45) is 11.8 Å².